The third kappa shape index (κ3) is 4.15. The van der Waals surface area contributed by atoms with Crippen LogP contribution in [0.5, 0.6) is 0 Å². The molecule has 4 heteroatoms. The van der Waals surface area contributed by atoms with Crippen LogP contribution in [0, 0.1) is 0 Å². The SMILES string of the molecule is N[C@@H](CCS[C@@H]1C=CCCC1)C(=O)O. The number of allylic oxidation sites excluding steroid dienone is 1. The molecule has 2 atom stereocenters. The second-order valence-corrected chi connectivity index (χ2v) is 4.85. The van der Waals surface area contributed by atoms with Crippen LogP contribution >= 0.6 is 11.8 Å². The van der Waals surface area contributed by atoms with Gasteiger partial charge in [0.15, 0.2) is 0 Å². The van der Waals surface area contributed by atoms with Crippen LogP contribution in [0.15, 0.2) is 12.2 Å². The molecule has 0 aromatic carbocycles. The monoisotopic (exact) mass is 215 g/mol. The molecule has 0 saturated carbocycles. The lowest BCUT2D eigenvalue weighted by atomic mass is 10.1. The predicted octanol–water partition coefficient (Wildman–Crippen LogP) is 1.63. The summed E-state index contributed by atoms with van der Waals surface area (Å²) in [5.74, 6) is -0.0626. The Kier molecular flexibility index (Phi) is 5.04. The first-order chi connectivity index (χ1) is 6.70. The van der Waals surface area contributed by atoms with Crippen LogP contribution in [0.3, 0.4) is 0 Å². The van der Waals surface area contributed by atoms with Gasteiger partial charge in [0.2, 0.25) is 0 Å². The summed E-state index contributed by atoms with van der Waals surface area (Å²) in [6, 6.07) is -0.699. The zero-order chi connectivity index (χ0) is 10.4. The van der Waals surface area contributed by atoms with Crippen LogP contribution in [0.1, 0.15) is 25.7 Å². The van der Waals surface area contributed by atoms with Gasteiger partial charge in [-0.25, -0.2) is 0 Å². The van der Waals surface area contributed by atoms with Crippen LogP contribution in [0.25, 0.3) is 0 Å². The average molecular weight is 215 g/mol. The second kappa shape index (κ2) is 6.09. The van der Waals surface area contributed by atoms with Crippen molar-refractivity contribution in [2.24, 2.45) is 5.73 Å². The highest BCUT2D eigenvalue weighted by Crippen LogP contribution is 2.23. The Balaban J connectivity index is 2.11. The maximum absolute atomic E-state index is 10.4. The van der Waals surface area contributed by atoms with Gasteiger partial charge in [-0.1, -0.05) is 12.2 Å². The van der Waals surface area contributed by atoms with Gasteiger partial charge < -0.3 is 10.8 Å². The average Bonchev–Trinajstić information content (AvgIpc) is 2.19. The smallest absolute Gasteiger partial charge is 0.320 e. The number of carboxylic acids is 1. The van der Waals surface area contributed by atoms with Gasteiger partial charge in [0.25, 0.3) is 0 Å². The number of rotatable bonds is 5. The summed E-state index contributed by atoms with van der Waals surface area (Å²) in [5.41, 5.74) is 5.40. The molecule has 0 bridgehead atoms. The Morgan fingerprint density at radius 2 is 2.50 bits per heavy atom. The molecule has 0 aromatic heterocycles. The molecule has 0 fully saturated rings. The van der Waals surface area contributed by atoms with Crippen molar-refractivity contribution in [1.82, 2.24) is 0 Å². The lowest BCUT2D eigenvalue weighted by molar-refractivity contribution is -0.138. The van der Waals surface area contributed by atoms with E-state index >= 15 is 0 Å². The van der Waals surface area contributed by atoms with Gasteiger partial charge in [-0.2, -0.15) is 11.8 Å². The van der Waals surface area contributed by atoms with Gasteiger partial charge >= 0.3 is 5.97 Å². The molecule has 0 amide bonds. The number of thioether (sulfide) groups is 1. The summed E-state index contributed by atoms with van der Waals surface area (Å²) in [6.07, 6.45) is 8.64. The molecular formula is C10H17NO2S. The number of carboxylic acid groups (broad SMARTS) is 1. The summed E-state index contributed by atoms with van der Waals surface area (Å²) in [7, 11) is 0. The van der Waals surface area contributed by atoms with E-state index in [1.165, 1.54) is 19.3 Å². The summed E-state index contributed by atoms with van der Waals surface area (Å²) in [5, 5.41) is 9.14. The third-order valence-corrected chi connectivity index (χ3v) is 3.58. The highest BCUT2D eigenvalue weighted by Gasteiger charge is 2.13. The Hall–Kier alpha value is -0.480. The Labute approximate surface area is 88.7 Å². The minimum absolute atomic E-state index is 0.560. The Morgan fingerprint density at radius 1 is 1.71 bits per heavy atom. The van der Waals surface area contributed by atoms with Crippen LogP contribution in [-0.2, 0) is 4.79 Å². The Bertz CT molecular complexity index is 218. The van der Waals surface area contributed by atoms with Gasteiger partial charge in [-0.05, 0) is 31.4 Å². The molecule has 0 unspecified atom stereocenters. The highest BCUT2D eigenvalue weighted by atomic mass is 32.2. The molecule has 0 heterocycles. The molecule has 14 heavy (non-hydrogen) atoms. The van der Waals surface area contributed by atoms with E-state index < -0.39 is 12.0 Å². The minimum atomic E-state index is -0.898. The Morgan fingerprint density at radius 3 is 3.07 bits per heavy atom. The topological polar surface area (TPSA) is 63.3 Å². The van der Waals surface area contributed by atoms with E-state index in [1.54, 1.807) is 0 Å². The predicted molar refractivity (Wildman–Crippen MR) is 59.5 cm³/mol. The normalized spacial score (nSPS) is 23.4. The van der Waals surface area contributed by atoms with Crippen LogP contribution in [0.4, 0.5) is 0 Å². The fraction of sp³-hybridized carbons (Fsp3) is 0.700. The molecule has 1 aliphatic carbocycles. The van der Waals surface area contributed by atoms with Gasteiger partial charge in [0.05, 0.1) is 0 Å². The quantitative estimate of drug-likeness (QED) is 0.684. The summed E-state index contributed by atoms with van der Waals surface area (Å²) in [4.78, 5) is 10.4. The largest absolute Gasteiger partial charge is 0.480 e. The van der Waals surface area contributed by atoms with Crippen molar-refractivity contribution >= 4 is 17.7 Å². The van der Waals surface area contributed by atoms with E-state index in [0.29, 0.717) is 11.7 Å². The third-order valence-electron chi connectivity index (χ3n) is 2.29. The number of carbonyl (C=O) groups is 1. The van der Waals surface area contributed by atoms with Gasteiger partial charge in [-0.15, -0.1) is 0 Å². The number of hydrogen-bond donors (Lipinski definition) is 2. The fourth-order valence-electron chi connectivity index (χ4n) is 1.39. The van der Waals surface area contributed by atoms with E-state index in [0.717, 1.165) is 5.75 Å². The maximum atomic E-state index is 10.4. The number of nitrogens with two attached hydrogens (primary N) is 1. The zero-order valence-corrected chi connectivity index (χ0v) is 9.00. The van der Waals surface area contributed by atoms with Crippen LogP contribution < -0.4 is 5.73 Å². The first kappa shape index (κ1) is 11.6. The van der Waals surface area contributed by atoms with Crippen molar-refractivity contribution < 1.29 is 9.90 Å². The van der Waals surface area contributed by atoms with Gasteiger partial charge in [0, 0.05) is 5.25 Å². The first-order valence-corrected chi connectivity index (χ1v) is 6.01. The van der Waals surface area contributed by atoms with Gasteiger partial charge in [-0.3, -0.25) is 4.79 Å². The fourth-order valence-corrected chi connectivity index (χ4v) is 2.64. The lowest BCUT2D eigenvalue weighted by Crippen LogP contribution is -2.30. The van der Waals surface area contributed by atoms with Crippen molar-refractivity contribution in [3.05, 3.63) is 12.2 Å². The molecule has 0 saturated heterocycles. The van der Waals surface area contributed by atoms with Crippen LogP contribution in [-0.4, -0.2) is 28.1 Å². The molecular weight excluding hydrogens is 198 g/mol. The highest BCUT2D eigenvalue weighted by molar-refractivity contribution is 8.00. The number of aliphatic carboxylic acids is 1. The number of hydrogen-bond acceptors (Lipinski definition) is 3. The van der Waals surface area contributed by atoms with E-state index in [-0.39, 0.29) is 0 Å². The lowest BCUT2D eigenvalue weighted by Gasteiger charge is -2.16. The van der Waals surface area contributed by atoms with Gasteiger partial charge in [0.1, 0.15) is 6.04 Å². The molecule has 3 N–H and O–H groups in total. The molecule has 1 rings (SSSR count). The van der Waals surface area contributed by atoms with E-state index in [4.69, 9.17) is 10.8 Å². The van der Waals surface area contributed by atoms with E-state index in [1.807, 2.05) is 11.8 Å². The van der Waals surface area contributed by atoms with Crippen molar-refractivity contribution in [2.45, 2.75) is 37.0 Å². The molecule has 0 radical (unpaired) electrons. The standard InChI is InChI=1S/C10H17NO2S/c11-9(10(12)13)6-7-14-8-4-2-1-3-5-8/h2,4,8-9H,1,3,5-7,11H2,(H,12,13)/t8-,9+/m1/s1. The summed E-state index contributed by atoms with van der Waals surface area (Å²) in [6.45, 7) is 0. The molecule has 80 valence electrons. The molecule has 0 aliphatic heterocycles. The summed E-state index contributed by atoms with van der Waals surface area (Å²) < 4.78 is 0. The maximum Gasteiger partial charge on any atom is 0.320 e. The zero-order valence-electron chi connectivity index (χ0n) is 8.19. The minimum Gasteiger partial charge on any atom is -0.480 e. The molecule has 1 aliphatic rings. The molecule has 0 aromatic rings. The molecule has 0 spiro atoms. The summed E-state index contributed by atoms with van der Waals surface area (Å²) >= 11 is 1.81. The van der Waals surface area contributed by atoms with E-state index in [2.05, 4.69) is 12.2 Å². The van der Waals surface area contributed by atoms with Crippen LogP contribution in [0.2, 0.25) is 0 Å². The van der Waals surface area contributed by atoms with E-state index in [9.17, 15) is 4.79 Å². The van der Waals surface area contributed by atoms with Crippen molar-refractivity contribution in [1.29, 1.82) is 0 Å². The molecule has 3 nitrogen and oxygen atoms in total. The first-order valence-electron chi connectivity index (χ1n) is 4.97. The second-order valence-electron chi connectivity index (χ2n) is 3.50. The van der Waals surface area contributed by atoms with Crippen molar-refractivity contribution in [3.63, 3.8) is 0 Å². The van der Waals surface area contributed by atoms with Crippen molar-refractivity contribution in [3.8, 4) is 0 Å². The van der Waals surface area contributed by atoms with Crippen molar-refractivity contribution in [2.75, 3.05) is 5.75 Å².